The first kappa shape index (κ1) is 8.23. The van der Waals surface area contributed by atoms with Gasteiger partial charge in [0.05, 0.1) is 10.9 Å². The summed E-state index contributed by atoms with van der Waals surface area (Å²) in [6.07, 6.45) is 0. The quantitative estimate of drug-likeness (QED) is 0.656. The standard InChI is InChI=1S/C10H11FN2/c1-3-13-7(2)10-8(11)5-4-6-9(10)12-13/h4-6H,3H2,1-2H3. The highest BCUT2D eigenvalue weighted by Crippen LogP contribution is 2.20. The molecule has 1 aromatic heterocycles. The van der Waals surface area contributed by atoms with Gasteiger partial charge >= 0.3 is 0 Å². The van der Waals surface area contributed by atoms with E-state index in [0.717, 1.165) is 17.8 Å². The van der Waals surface area contributed by atoms with Crippen LogP contribution < -0.4 is 0 Å². The average molecular weight is 178 g/mol. The van der Waals surface area contributed by atoms with Gasteiger partial charge in [0.1, 0.15) is 5.82 Å². The molecule has 0 saturated carbocycles. The molecule has 2 nitrogen and oxygen atoms in total. The fourth-order valence-corrected chi connectivity index (χ4v) is 1.60. The van der Waals surface area contributed by atoms with E-state index in [0.29, 0.717) is 5.39 Å². The molecule has 13 heavy (non-hydrogen) atoms. The zero-order valence-corrected chi connectivity index (χ0v) is 7.71. The first-order chi connectivity index (χ1) is 6.24. The highest BCUT2D eigenvalue weighted by atomic mass is 19.1. The van der Waals surface area contributed by atoms with Crippen LogP contribution in [0, 0.1) is 12.7 Å². The number of fused-ring (bicyclic) bond motifs is 1. The van der Waals surface area contributed by atoms with Gasteiger partial charge in [-0.25, -0.2) is 4.39 Å². The van der Waals surface area contributed by atoms with Gasteiger partial charge in [-0.2, -0.15) is 5.10 Å². The minimum atomic E-state index is -0.185. The fraction of sp³-hybridized carbons (Fsp3) is 0.300. The predicted molar refractivity (Wildman–Crippen MR) is 50.1 cm³/mol. The Bertz CT molecular complexity index is 445. The summed E-state index contributed by atoms with van der Waals surface area (Å²) in [5.74, 6) is -0.185. The van der Waals surface area contributed by atoms with E-state index in [1.807, 2.05) is 24.6 Å². The highest BCUT2D eigenvalue weighted by Gasteiger charge is 2.09. The summed E-state index contributed by atoms with van der Waals surface area (Å²) < 4.78 is 15.2. The molecule has 2 aromatic rings. The molecule has 0 bridgehead atoms. The van der Waals surface area contributed by atoms with Crippen LogP contribution in [0.4, 0.5) is 4.39 Å². The van der Waals surface area contributed by atoms with Crippen LogP contribution in [-0.2, 0) is 6.54 Å². The van der Waals surface area contributed by atoms with E-state index >= 15 is 0 Å². The van der Waals surface area contributed by atoms with E-state index in [-0.39, 0.29) is 5.82 Å². The normalized spacial score (nSPS) is 11.0. The molecule has 2 rings (SSSR count). The molecular weight excluding hydrogens is 167 g/mol. The second-order valence-electron chi connectivity index (χ2n) is 3.04. The third-order valence-electron chi connectivity index (χ3n) is 2.27. The van der Waals surface area contributed by atoms with Crippen LogP contribution in [-0.4, -0.2) is 9.78 Å². The summed E-state index contributed by atoms with van der Waals surface area (Å²) in [4.78, 5) is 0. The Morgan fingerprint density at radius 3 is 2.85 bits per heavy atom. The van der Waals surface area contributed by atoms with Crippen molar-refractivity contribution in [1.29, 1.82) is 0 Å². The molecule has 0 atom stereocenters. The first-order valence-electron chi connectivity index (χ1n) is 4.35. The number of hydrogen-bond acceptors (Lipinski definition) is 1. The smallest absolute Gasteiger partial charge is 0.134 e. The Kier molecular flexibility index (Phi) is 1.79. The van der Waals surface area contributed by atoms with Gasteiger partial charge in [-0.05, 0) is 26.0 Å². The van der Waals surface area contributed by atoms with Crippen LogP contribution in [0.3, 0.4) is 0 Å². The molecule has 0 aliphatic carbocycles. The van der Waals surface area contributed by atoms with Gasteiger partial charge in [0.15, 0.2) is 0 Å². The van der Waals surface area contributed by atoms with E-state index in [1.54, 1.807) is 6.07 Å². The molecule has 1 aromatic carbocycles. The molecule has 0 fully saturated rings. The number of aryl methyl sites for hydroxylation is 2. The maximum atomic E-state index is 13.3. The van der Waals surface area contributed by atoms with Crippen molar-refractivity contribution in [2.24, 2.45) is 0 Å². The number of nitrogens with zero attached hydrogens (tertiary/aromatic N) is 2. The van der Waals surface area contributed by atoms with Crippen LogP contribution >= 0.6 is 0 Å². The first-order valence-corrected chi connectivity index (χ1v) is 4.35. The Morgan fingerprint density at radius 1 is 1.46 bits per heavy atom. The molecule has 1 heterocycles. The van der Waals surface area contributed by atoms with Crippen molar-refractivity contribution in [1.82, 2.24) is 9.78 Å². The van der Waals surface area contributed by atoms with E-state index in [2.05, 4.69) is 5.10 Å². The summed E-state index contributed by atoms with van der Waals surface area (Å²) >= 11 is 0. The number of benzene rings is 1. The van der Waals surface area contributed by atoms with Gasteiger partial charge in [0, 0.05) is 12.2 Å². The van der Waals surface area contributed by atoms with Gasteiger partial charge in [-0.3, -0.25) is 4.68 Å². The minimum absolute atomic E-state index is 0.185. The number of halogens is 1. The lowest BCUT2D eigenvalue weighted by molar-refractivity contribution is 0.632. The highest BCUT2D eigenvalue weighted by molar-refractivity contribution is 5.81. The van der Waals surface area contributed by atoms with Gasteiger partial charge < -0.3 is 0 Å². The second-order valence-corrected chi connectivity index (χ2v) is 3.04. The van der Waals surface area contributed by atoms with Crippen molar-refractivity contribution in [2.75, 3.05) is 0 Å². The largest absolute Gasteiger partial charge is 0.269 e. The average Bonchev–Trinajstić information content (AvgIpc) is 2.44. The van der Waals surface area contributed by atoms with Crippen molar-refractivity contribution < 1.29 is 4.39 Å². The third-order valence-corrected chi connectivity index (χ3v) is 2.27. The Hall–Kier alpha value is -1.38. The summed E-state index contributed by atoms with van der Waals surface area (Å²) in [5, 5.41) is 4.91. The predicted octanol–water partition coefficient (Wildman–Crippen LogP) is 2.50. The molecule has 3 heteroatoms. The number of hydrogen-bond donors (Lipinski definition) is 0. The molecule has 0 N–H and O–H groups in total. The zero-order valence-electron chi connectivity index (χ0n) is 7.71. The van der Waals surface area contributed by atoms with E-state index < -0.39 is 0 Å². The lowest BCUT2D eigenvalue weighted by Gasteiger charge is -1.97. The maximum absolute atomic E-state index is 13.3. The Labute approximate surface area is 76.0 Å². The van der Waals surface area contributed by atoms with Gasteiger partial charge in [0.25, 0.3) is 0 Å². The van der Waals surface area contributed by atoms with Gasteiger partial charge in [-0.1, -0.05) is 6.07 Å². The van der Waals surface area contributed by atoms with Gasteiger partial charge in [-0.15, -0.1) is 0 Å². The second kappa shape index (κ2) is 2.83. The maximum Gasteiger partial charge on any atom is 0.134 e. The molecule has 0 saturated heterocycles. The van der Waals surface area contributed by atoms with E-state index in [4.69, 9.17) is 0 Å². The lowest BCUT2D eigenvalue weighted by atomic mass is 10.2. The van der Waals surface area contributed by atoms with Crippen LogP contribution in [0.2, 0.25) is 0 Å². The monoisotopic (exact) mass is 178 g/mol. The molecule has 0 unspecified atom stereocenters. The van der Waals surface area contributed by atoms with Gasteiger partial charge in [0.2, 0.25) is 0 Å². The third kappa shape index (κ3) is 1.11. The van der Waals surface area contributed by atoms with Crippen LogP contribution in [0.25, 0.3) is 10.9 Å². The summed E-state index contributed by atoms with van der Waals surface area (Å²) in [6, 6.07) is 4.98. The molecule has 0 aliphatic heterocycles. The molecule has 0 spiro atoms. The molecule has 0 radical (unpaired) electrons. The van der Waals surface area contributed by atoms with Crippen LogP contribution in [0.1, 0.15) is 12.6 Å². The Balaban J connectivity index is 2.85. The zero-order chi connectivity index (χ0) is 9.42. The van der Waals surface area contributed by atoms with Crippen molar-refractivity contribution >= 4 is 10.9 Å². The molecule has 0 amide bonds. The van der Waals surface area contributed by atoms with Crippen molar-refractivity contribution in [3.8, 4) is 0 Å². The number of rotatable bonds is 1. The SMILES string of the molecule is CCn1nc2cccc(F)c2c1C. The fourth-order valence-electron chi connectivity index (χ4n) is 1.60. The topological polar surface area (TPSA) is 17.8 Å². The molecule has 68 valence electrons. The van der Waals surface area contributed by atoms with Crippen molar-refractivity contribution in [2.45, 2.75) is 20.4 Å². The van der Waals surface area contributed by atoms with E-state index in [9.17, 15) is 4.39 Å². The van der Waals surface area contributed by atoms with Crippen LogP contribution in [0.5, 0.6) is 0 Å². The van der Waals surface area contributed by atoms with Crippen LogP contribution in [0.15, 0.2) is 18.2 Å². The molecular formula is C10H11FN2. The Morgan fingerprint density at radius 2 is 2.23 bits per heavy atom. The minimum Gasteiger partial charge on any atom is -0.269 e. The number of aromatic nitrogens is 2. The summed E-state index contributed by atoms with van der Waals surface area (Å²) in [6.45, 7) is 4.67. The van der Waals surface area contributed by atoms with Crippen molar-refractivity contribution in [3.63, 3.8) is 0 Å². The lowest BCUT2D eigenvalue weighted by Crippen LogP contribution is -1.97. The summed E-state index contributed by atoms with van der Waals surface area (Å²) in [5.41, 5.74) is 1.63. The van der Waals surface area contributed by atoms with Crippen molar-refractivity contribution in [3.05, 3.63) is 29.7 Å². The van der Waals surface area contributed by atoms with E-state index in [1.165, 1.54) is 6.07 Å². The molecule has 0 aliphatic rings. The summed E-state index contributed by atoms with van der Waals surface area (Å²) in [7, 11) is 0.